The van der Waals surface area contributed by atoms with Crippen molar-refractivity contribution >= 4 is 6.03 Å². The zero-order valence-corrected chi connectivity index (χ0v) is 13.9. The van der Waals surface area contributed by atoms with Gasteiger partial charge in [0.25, 0.3) is 0 Å². The van der Waals surface area contributed by atoms with Gasteiger partial charge in [0.15, 0.2) is 0 Å². The summed E-state index contributed by atoms with van der Waals surface area (Å²) in [6.45, 7) is 7.94. The van der Waals surface area contributed by atoms with Gasteiger partial charge in [-0.1, -0.05) is 25.7 Å². The Balaban J connectivity index is 2.13. The third-order valence-corrected chi connectivity index (χ3v) is 5.17. The fourth-order valence-corrected chi connectivity index (χ4v) is 3.89. The molecule has 122 valence electrons. The van der Waals surface area contributed by atoms with Crippen molar-refractivity contribution in [1.82, 2.24) is 15.1 Å². The second-order valence-corrected chi connectivity index (χ2v) is 6.49. The smallest absolute Gasteiger partial charge is 0.320 e. The number of hydrogen-bond acceptors (Lipinski definition) is 2. The molecular formula is C17H33N3O. The minimum atomic E-state index is 0.291. The van der Waals surface area contributed by atoms with E-state index in [9.17, 15) is 4.79 Å². The number of amides is 2. The van der Waals surface area contributed by atoms with Crippen LogP contribution in [0.2, 0.25) is 0 Å². The molecule has 1 saturated carbocycles. The number of urea groups is 1. The van der Waals surface area contributed by atoms with Gasteiger partial charge in [-0.2, -0.15) is 0 Å². The lowest BCUT2D eigenvalue weighted by atomic mass is 9.99. The molecule has 1 aliphatic heterocycles. The first kappa shape index (κ1) is 16.6. The monoisotopic (exact) mass is 295 g/mol. The second kappa shape index (κ2) is 8.62. The summed E-state index contributed by atoms with van der Waals surface area (Å²) in [4.78, 5) is 17.3. The molecule has 2 aliphatic rings. The van der Waals surface area contributed by atoms with E-state index in [4.69, 9.17) is 0 Å². The topological polar surface area (TPSA) is 35.6 Å². The first-order valence-corrected chi connectivity index (χ1v) is 9.05. The Labute approximate surface area is 130 Å². The summed E-state index contributed by atoms with van der Waals surface area (Å²) in [5, 5.41) is 3.43. The Hall–Kier alpha value is -0.770. The van der Waals surface area contributed by atoms with Gasteiger partial charge in [0.2, 0.25) is 0 Å². The molecule has 0 radical (unpaired) electrons. The standard InChI is InChI=1S/C17H33N3O/c1-3-19(4-2)17(21)20(16-11-13-18-14-12-16)15-9-7-5-6-8-10-15/h15-16,18H,3-14H2,1-2H3. The van der Waals surface area contributed by atoms with Gasteiger partial charge in [0.1, 0.15) is 0 Å². The molecule has 0 spiro atoms. The molecule has 21 heavy (non-hydrogen) atoms. The molecule has 0 aromatic rings. The highest BCUT2D eigenvalue weighted by Crippen LogP contribution is 2.27. The normalized spacial score (nSPS) is 21.8. The summed E-state index contributed by atoms with van der Waals surface area (Å²) in [6, 6.07) is 1.21. The Kier molecular flexibility index (Phi) is 6.81. The molecule has 2 rings (SSSR count). The van der Waals surface area contributed by atoms with Gasteiger partial charge < -0.3 is 15.1 Å². The van der Waals surface area contributed by atoms with E-state index >= 15 is 0 Å². The Morgan fingerprint density at radius 2 is 1.43 bits per heavy atom. The molecular weight excluding hydrogens is 262 g/mol. The molecule has 0 aromatic carbocycles. The second-order valence-electron chi connectivity index (χ2n) is 6.49. The van der Waals surface area contributed by atoms with Gasteiger partial charge in [0.05, 0.1) is 0 Å². The van der Waals surface area contributed by atoms with Crippen LogP contribution in [0.15, 0.2) is 0 Å². The Morgan fingerprint density at radius 1 is 0.905 bits per heavy atom. The fraction of sp³-hybridized carbons (Fsp3) is 0.941. The van der Waals surface area contributed by atoms with E-state index in [-0.39, 0.29) is 0 Å². The van der Waals surface area contributed by atoms with Crippen LogP contribution < -0.4 is 5.32 Å². The van der Waals surface area contributed by atoms with Crippen LogP contribution in [0.25, 0.3) is 0 Å². The van der Waals surface area contributed by atoms with Crippen molar-refractivity contribution in [3.05, 3.63) is 0 Å². The molecule has 0 aromatic heterocycles. The highest BCUT2D eigenvalue weighted by molar-refractivity contribution is 5.75. The molecule has 0 bridgehead atoms. The summed E-state index contributed by atoms with van der Waals surface area (Å²) in [7, 11) is 0. The largest absolute Gasteiger partial charge is 0.325 e. The maximum atomic E-state index is 13.0. The van der Waals surface area contributed by atoms with Crippen LogP contribution in [0.3, 0.4) is 0 Å². The van der Waals surface area contributed by atoms with Crippen molar-refractivity contribution in [2.75, 3.05) is 26.2 Å². The van der Waals surface area contributed by atoms with Crippen molar-refractivity contribution in [3.8, 4) is 0 Å². The minimum Gasteiger partial charge on any atom is -0.325 e. The third kappa shape index (κ3) is 4.35. The maximum absolute atomic E-state index is 13.0. The Bertz CT molecular complexity index is 303. The van der Waals surface area contributed by atoms with Gasteiger partial charge in [-0.25, -0.2) is 4.79 Å². The van der Waals surface area contributed by atoms with Crippen LogP contribution in [0.1, 0.15) is 65.2 Å². The van der Waals surface area contributed by atoms with Crippen molar-refractivity contribution in [2.24, 2.45) is 0 Å². The molecule has 0 atom stereocenters. The highest BCUT2D eigenvalue weighted by atomic mass is 16.2. The first-order valence-electron chi connectivity index (χ1n) is 9.05. The van der Waals surface area contributed by atoms with Gasteiger partial charge in [0, 0.05) is 25.2 Å². The highest BCUT2D eigenvalue weighted by Gasteiger charge is 2.33. The average Bonchev–Trinajstić information content (AvgIpc) is 2.79. The van der Waals surface area contributed by atoms with Gasteiger partial charge >= 0.3 is 6.03 Å². The lowest BCUT2D eigenvalue weighted by Gasteiger charge is -2.42. The van der Waals surface area contributed by atoms with Crippen LogP contribution in [-0.2, 0) is 0 Å². The van der Waals surface area contributed by atoms with Crippen LogP contribution in [-0.4, -0.2) is 54.1 Å². The third-order valence-electron chi connectivity index (χ3n) is 5.17. The van der Waals surface area contributed by atoms with Crippen LogP contribution in [0.4, 0.5) is 4.79 Å². The number of nitrogens with one attached hydrogen (secondary N) is 1. The predicted molar refractivity (Wildman–Crippen MR) is 87.5 cm³/mol. The molecule has 1 heterocycles. The van der Waals surface area contributed by atoms with Crippen molar-refractivity contribution in [1.29, 1.82) is 0 Å². The zero-order valence-electron chi connectivity index (χ0n) is 13.9. The lowest BCUT2D eigenvalue weighted by molar-refractivity contribution is 0.0916. The lowest BCUT2D eigenvalue weighted by Crippen LogP contribution is -2.55. The summed E-state index contributed by atoms with van der Waals surface area (Å²) in [5.41, 5.74) is 0. The van der Waals surface area contributed by atoms with E-state index in [0.29, 0.717) is 18.1 Å². The minimum absolute atomic E-state index is 0.291. The van der Waals surface area contributed by atoms with E-state index in [2.05, 4.69) is 24.1 Å². The molecule has 1 aliphatic carbocycles. The molecule has 4 heteroatoms. The molecule has 2 amide bonds. The van der Waals surface area contributed by atoms with E-state index in [1.54, 1.807) is 0 Å². The molecule has 4 nitrogen and oxygen atoms in total. The Morgan fingerprint density at radius 3 is 1.95 bits per heavy atom. The van der Waals surface area contributed by atoms with Crippen LogP contribution >= 0.6 is 0 Å². The van der Waals surface area contributed by atoms with Crippen molar-refractivity contribution < 1.29 is 4.79 Å². The number of carbonyl (C=O) groups is 1. The summed E-state index contributed by atoms with van der Waals surface area (Å²) >= 11 is 0. The number of carbonyl (C=O) groups excluding carboxylic acids is 1. The molecule has 1 saturated heterocycles. The summed E-state index contributed by atoms with van der Waals surface area (Å²) < 4.78 is 0. The molecule has 2 fully saturated rings. The first-order chi connectivity index (χ1) is 10.3. The predicted octanol–water partition coefficient (Wildman–Crippen LogP) is 3.23. The number of hydrogen-bond donors (Lipinski definition) is 1. The van der Waals surface area contributed by atoms with E-state index < -0.39 is 0 Å². The molecule has 0 unspecified atom stereocenters. The van der Waals surface area contributed by atoms with Crippen LogP contribution in [0, 0.1) is 0 Å². The summed E-state index contributed by atoms with van der Waals surface area (Å²) in [5.74, 6) is 0. The SMILES string of the molecule is CCN(CC)C(=O)N(C1CCCCCC1)C1CCNCC1. The van der Waals surface area contributed by atoms with E-state index in [1.807, 2.05) is 4.90 Å². The van der Waals surface area contributed by atoms with Crippen LogP contribution in [0.5, 0.6) is 0 Å². The average molecular weight is 295 g/mol. The quantitative estimate of drug-likeness (QED) is 0.808. The van der Waals surface area contributed by atoms with Crippen molar-refractivity contribution in [3.63, 3.8) is 0 Å². The van der Waals surface area contributed by atoms with E-state index in [1.165, 1.54) is 38.5 Å². The van der Waals surface area contributed by atoms with Gasteiger partial charge in [-0.05, 0) is 52.6 Å². The number of piperidine rings is 1. The van der Waals surface area contributed by atoms with E-state index in [0.717, 1.165) is 39.0 Å². The van der Waals surface area contributed by atoms with Crippen molar-refractivity contribution in [2.45, 2.75) is 77.3 Å². The summed E-state index contributed by atoms with van der Waals surface area (Å²) in [6.07, 6.45) is 9.91. The molecule has 1 N–H and O–H groups in total. The maximum Gasteiger partial charge on any atom is 0.320 e. The van der Waals surface area contributed by atoms with Gasteiger partial charge in [-0.15, -0.1) is 0 Å². The zero-order chi connectivity index (χ0) is 15.1. The number of nitrogens with zero attached hydrogens (tertiary/aromatic N) is 2. The number of rotatable bonds is 4. The van der Waals surface area contributed by atoms with Gasteiger partial charge in [-0.3, -0.25) is 0 Å². The fourth-order valence-electron chi connectivity index (χ4n) is 3.89.